The van der Waals surface area contributed by atoms with Gasteiger partial charge in [-0.15, -0.1) is 0 Å². The molecule has 0 atom stereocenters. The van der Waals surface area contributed by atoms with E-state index in [1.165, 1.54) is 28.6 Å². The Morgan fingerprint density at radius 3 is 2.43 bits per heavy atom. The lowest BCUT2D eigenvalue weighted by molar-refractivity contribution is -0.384. The number of nitro benzene ring substituents is 1. The third-order valence-corrected chi connectivity index (χ3v) is 6.17. The zero-order valence-corrected chi connectivity index (χ0v) is 12.3. The van der Waals surface area contributed by atoms with Crippen molar-refractivity contribution in [3.8, 4) is 0 Å². The fourth-order valence-corrected chi connectivity index (χ4v) is 4.62. The summed E-state index contributed by atoms with van der Waals surface area (Å²) in [6.45, 7) is 2.76. The SMILES string of the molecule is O=[N+]([O-])c1ccc(S(=O)(=O)N2CCCC3(CNC3)C2)cc1. The highest BCUT2D eigenvalue weighted by Gasteiger charge is 2.43. The van der Waals surface area contributed by atoms with Gasteiger partial charge in [0.25, 0.3) is 5.69 Å². The summed E-state index contributed by atoms with van der Waals surface area (Å²) < 4.78 is 26.8. The molecule has 0 aliphatic carbocycles. The number of non-ortho nitro benzene ring substituents is 1. The Labute approximate surface area is 123 Å². The van der Waals surface area contributed by atoms with E-state index in [-0.39, 0.29) is 16.0 Å². The molecule has 1 aromatic carbocycles. The predicted molar refractivity (Wildman–Crippen MR) is 76.4 cm³/mol. The molecular weight excluding hydrogens is 294 g/mol. The summed E-state index contributed by atoms with van der Waals surface area (Å²) in [5.74, 6) is 0. The van der Waals surface area contributed by atoms with E-state index in [0.29, 0.717) is 13.1 Å². The zero-order chi connectivity index (χ0) is 15.1. The molecule has 1 aromatic rings. The minimum Gasteiger partial charge on any atom is -0.315 e. The largest absolute Gasteiger partial charge is 0.315 e. The molecule has 0 amide bonds. The number of benzene rings is 1. The van der Waals surface area contributed by atoms with Crippen LogP contribution in [0, 0.1) is 15.5 Å². The average molecular weight is 311 g/mol. The molecule has 2 fully saturated rings. The summed E-state index contributed by atoms with van der Waals surface area (Å²) in [7, 11) is -3.57. The Kier molecular flexibility index (Phi) is 3.46. The Bertz CT molecular complexity index is 652. The van der Waals surface area contributed by atoms with Crippen LogP contribution < -0.4 is 5.32 Å². The molecular formula is C13H17N3O4S. The predicted octanol–water partition coefficient (Wildman–Crippen LogP) is 0.969. The number of hydrogen-bond donors (Lipinski definition) is 1. The average Bonchev–Trinajstić information content (AvgIpc) is 2.46. The van der Waals surface area contributed by atoms with Gasteiger partial charge in [-0.1, -0.05) is 0 Å². The molecule has 2 aliphatic heterocycles. The van der Waals surface area contributed by atoms with E-state index < -0.39 is 14.9 Å². The first-order valence-corrected chi connectivity index (χ1v) is 8.32. The highest BCUT2D eigenvalue weighted by molar-refractivity contribution is 7.89. The van der Waals surface area contributed by atoms with Gasteiger partial charge in [-0.2, -0.15) is 4.31 Å². The van der Waals surface area contributed by atoms with E-state index in [2.05, 4.69) is 5.32 Å². The van der Waals surface area contributed by atoms with Crippen molar-refractivity contribution in [2.24, 2.45) is 5.41 Å². The molecule has 0 unspecified atom stereocenters. The van der Waals surface area contributed by atoms with E-state index in [9.17, 15) is 18.5 Å². The maximum absolute atomic E-state index is 12.6. The van der Waals surface area contributed by atoms with Crippen LogP contribution in [0.2, 0.25) is 0 Å². The summed E-state index contributed by atoms with van der Waals surface area (Å²) in [6, 6.07) is 5.09. The lowest BCUT2D eigenvalue weighted by Gasteiger charge is -2.48. The molecule has 0 radical (unpaired) electrons. The minimum absolute atomic E-state index is 0.0755. The van der Waals surface area contributed by atoms with Gasteiger partial charge in [-0.3, -0.25) is 10.1 Å². The van der Waals surface area contributed by atoms with Crippen molar-refractivity contribution < 1.29 is 13.3 Å². The van der Waals surface area contributed by atoms with Crippen molar-refractivity contribution in [3.63, 3.8) is 0 Å². The molecule has 0 bridgehead atoms. The fraction of sp³-hybridized carbons (Fsp3) is 0.538. The highest BCUT2D eigenvalue weighted by atomic mass is 32.2. The van der Waals surface area contributed by atoms with Crippen molar-refractivity contribution in [2.45, 2.75) is 17.7 Å². The monoisotopic (exact) mass is 311 g/mol. The number of sulfonamides is 1. The van der Waals surface area contributed by atoms with Crippen LogP contribution in [0.4, 0.5) is 5.69 Å². The number of hydrogen-bond acceptors (Lipinski definition) is 5. The number of nitrogens with zero attached hydrogens (tertiary/aromatic N) is 2. The molecule has 8 heteroatoms. The van der Waals surface area contributed by atoms with Gasteiger partial charge >= 0.3 is 0 Å². The van der Waals surface area contributed by atoms with Gasteiger partial charge in [0.05, 0.1) is 9.82 Å². The Morgan fingerprint density at radius 2 is 1.90 bits per heavy atom. The third kappa shape index (κ3) is 2.54. The molecule has 2 heterocycles. The van der Waals surface area contributed by atoms with Crippen molar-refractivity contribution in [3.05, 3.63) is 34.4 Å². The number of nitro groups is 1. The first kappa shape index (κ1) is 14.4. The van der Waals surface area contributed by atoms with Crippen molar-refractivity contribution in [1.29, 1.82) is 0 Å². The molecule has 3 rings (SSSR count). The van der Waals surface area contributed by atoms with Crippen molar-refractivity contribution >= 4 is 15.7 Å². The number of piperidine rings is 1. The molecule has 0 saturated carbocycles. The lowest BCUT2D eigenvalue weighted by atomic mass is 9.76. The van der Waals surface area contributed by atoms with Gasteiger partial charge < -0.3 is 5.32 Å². The second-order valence-electron chi connectivity index (χ2n) is 5.80. The van der Waals surface area contributed by atoms with Gasteiger partial charge in [-0.05, 0) is 25.0 Å². The molecule has 1 spiro atoms. The van der Waals surface area contributed by atoms with E-state index in [0.717, 1.165) is 25.9 Å². The van der Waals surface area contributed by atoms with E-state index in [4.69, 9.17) is 0 Å². The first-order valence-electron chi connectivity index (χ1n) is 6.88. The second-order valence-corrected chi connectivity index (χ2v) is 7.73. The molecule has 2 saturated heterocycles. The Morgan fingerprint density at radius 1 is 1.24 bits per heavy atom. The van der Waals surface area contributed by atoms with E-state index >= 15 is 0 Å². The Balaban J connectivity index is 1.84. The fourth-order valence-electron chi connectivity index (χ4n) is 3.02. The third-order valence-electron chi connectivity index (χ3n) is 4.31. The topological polar surface area (TPSA) is 92.5 Å². The van der Waals surface area contributed by atoms with Crippen LogP contribution in [0.15, 0.2) is 29.2 Å². The van der Waals surface area contributed by atoms with Crippen LogP contribution in [-0.4, -0.2) is 43.8 Å². The minimum atomic E-state index is -3.57. The van der Waals surface area contributed by atoms with Crippen molar-refractivity contribution in [2.75, 3.05) is 26.2 Å². The van der Waals surface area contributed by atoms with Crippen LogP contribution in [0.1, 0.15) is 12.8 Å². The normalized spacial score (nSPS) is 21.9. The first-order chi connectivity index (χ1) is 9.93. The molecule has 0 aromatic heterocycles. The smallest absolute Gasteiger partial charge is 0.269 e. The maximum Gasteiger partial charge on any atom is 0.269 e. The molecule has 114 valence electrons. The van der Waals surface area contributed by atoms with Crippen LogP contribution >= 0.6 is 0 Å². The summed E-state index contributed by atoms with van der Waals surface area (Å²) in [5.41, 5.74) is -0.0289. The van der Waals surface area contributed by atoms with Crippen LogP contribution in [0.3, 0.4) is 0 Å². The number of rotatable bonds is 3. The van der Waals surface area contributed by atoms with Crippen LogP contribution in [0.25, 0.3) is 0 Å². The van der Waals surface area contributed by atoms with E-state index in [1.54, 1.807) is 0 Å². The van der Waals surface area contributed by atoms with E-state index in [1.807, 2.05) is 0 Å². The lowest BCUT2D eigenvalue weighted by Crippen LogP contribution is -2.61. The quantitative estimate of drug-likeness (QED) is 0.663. The van der Waals surface area contributed by atoms with Crippen LogP contribution in [0.5, 0.6) is 0 Å². The molecule has 1 N–H and O–H groups in total. The summed E-state index contributed by atoms with van der Waals surface area (Å²) in [4.78, 5) is 10.2. The summed E-state index contributed by atoms with van der Waals surface area (Å²) in [6.07, 6.45) is 1.90. The number of nitrogens with one attached hydrogen (secondary N) is 1. The van der Waals surface area contributed by atoms with Gasteiger partial charge in [0.1, 0.15) is 0 Å². The molecule has 21 heavy (non-hydrogen) atoms. The molecule has 2 aliphatic rings. The van der Waals surface area contributed by atoms with Crippen LogP contribution in [-0.2, 0) is 10.0 Å². The highest BCUT2D eigenvalue weighted by Crippen LogP contribution is 2.35. The van der Waals surface area contributed by atoms with Gasteiger partial charge in [0.15, 0.2) is 0 Å². The van der Waals surface area contributed by atoms with Gasteiger partial charge in [-0.25, -0.2) is 8.42 Å². The summed E-state index contributed by atoms with van der Waals surface area (Å²) >= 11 is 0. The van der Waals surface area contributed by atoms with Gasteiger partial charge in [0, 0.05) is 43.7 Å². The van der Waals surface area contributed by atoms with Crippen molar-refractivity contribution in [1.82, 2.24) is 9.62 Å². The second kappa shape index (κ2) is 5.04. The summed E-state index contributed by atoms with van der Waals surface area (Å²) in [5, 5.41) is 13.8. The maximum atomic E-state index is 12.6. The Hall–Kier alpha value is -1.51. The standard InChI is InChI=1S/C13H17N3O4S/c17-16(18)11-2-4-12(5-3-11)21(19,20)15-7-1-6-13(10-15)8-14-9-13/h2-5,14H,1,6-10H2. The zero-order valence-electron chi connectivity index (χ0n) is 11.5. The van der Waals surface area contributed by atoms with Gasteiger partial charge in [0.2, 0.25) is 10.0 Å². The molecule has 7 nitrogen and oxygen atoms in total.